The van der Waals surface area contributed by atoms with Crippen molar-refractivity contribution < 1.29 is 19.4 Å². The number of nitrogens with two attached hydrogens (primary N) is 1. The van der Waals surface area contributed by atoms with Crippen molar-refractivity contribution in [1.29, 1.82) is 0 Å². The van der Waals surface area contributed by atoms with E-state index in [4.69, 9.17) is 5.73 Å². The van der Waals surface area contributed by atoms with Crippen molar-refractivity contribution in [3.63, 3.8) is 0 Å². The normalized spacial score (nSPS) is 15.4. The second-order valence-corrected chi connectivity index (χ2v) is 8.90. The van der Waals surface area contributed by atoms with E-state index in [0.29, 0.717) is 6.42 Å². The van der Waals surface area contributed by atoms with Crippen LogP contribution in [0.3, 0.4) is 0 Å². The van der Waals surface area contributed by atoms with E-state index in [-0.39, 0.29) is 6.04 Å². The van der Waals surface area contributed by atoms with Gasteiger partial charge in [0.2, 0.25) is 0 Å². The number of carbonyl (C=O) groups is 1. The number of thioether (sulfide) groups is 1. The molecule has 2 atom stereocenters. The molecule has 3 N–H and O–H groups in total. The molecule has 2 unspecified atom stereocenters. The minimum Gasteiger partial charge on any atom is -0.319 e. The molecular formula is C21H45N2O3S+. The third-order valence-corrected chi connectivity index (χ3v) is 6.48. The molecule has 0 rings (SSSR count). The first-order chi connectivity index (χ1) is 12.9. The van der Waals surface area contributed by atoms with Gasteiger partial charge >= 0.3 is 5.97 Å². The fourth-order valence-corrected chi connectivity index (χ4v) is 4.82. The zero-order valence-electron chi connectivity index (χ0n) is 18.5. The molecule has 0 fully saturated rings. The summed E-state index contributed by atoms with van der Waals surface area (Å²) in [5.41, 5.74) is 5.66. The average molecular weight is 406 g/mol. The molecule has 0 bridgehead atoms. The van der Waals surface area contributed by atoms with E-state index in [0.717, 1.165) is 81.2 Å². The lowest BCUT2D eigenvalue weighted by Gasteiger charge is -2.51. The molecule has 0 heterocycles. The van der Waals surface area contributed by atoms with Crippen LogP contribution in [0.15, 0.2) is 0 Å². The summed E-state index contributed by atoms with van der Waals surface area (Å²) in [5.74, 6) is 0.114. The van der Waals surface area contributed by atoms with Crippen molar-refractivity contribution in [1.82, 2.24) is 0 Å². The van der Waals surface area contributed by atoms with Gasteiger partial charge in [-0.05, 0) is 37.7 Å². The average Bonchev–Trinajstić information content (AvgIpc) is 2.69. The Morgan fingerprint density at radius 1 is 1.04 bits per heavy atom. The van der Waals surface area contributed by atoms with Gasteiger partial charge in [-0.1, -0.05) is 53.4 Å². The van der Waals surface area contributed by atoms with E-state index in [1.54, 1.807) is 11.8 Å². The molecule has 0 aromatic rings. The number of nitrogens with zero attached hydrogens (tertiary/aromatic N) is 1. The SMILES string of the molecule is CCCC[N+](CCCC)(CCCC)C(CCC)C(N)(CCSC)C(=O)OO. The molecule has 5 nitrogen and oxygen atoms in total. The van der Waals surface area contributed by atoms with Gasteiger partial charge in [0.25, 0.3) is 0 Å². The predicted octanol–water partition coefficient (Wildman–Crippen LogP) is 4.84. The van der Waals surface area contributed by atoms with Gasteiger partial charge in [-0.15, -0.1) is 0 Å². The zero-order valence-corrected chi connectivity index (χ0v) is 19.3. The summed E-state index contributed by atoms with van der Waals surface area (Å²) in [5, 5.41) is 9.24. The van der Waals surface area contributed by atoms with Crippen LogP contribution in [0.5, 0.6) is 0 Å². The quantitative estimate of drug-likeness (QED) is 0.206. The zero-order chi connectivity index (χ0) is 20.8. The molecule has 0 radical (unpaired) electrons. The van der Waals surface area contributed by atoms with E-state index in [1.807, 2.05) is 6.26 Å². The Kier molecular flexibility index (Phi) is 14.5. The van der Waals surface area contributed by atoms with Crippen molar-refractivity contribution in [3.05, 3.63) is 0 Å². The Hall–Kier alpha value is -0.300. The molecule has 162 valence electrons. The van der Waals surface area contributed by atoms with Crippen LogP contribution >= 0.6 is 11.8 Å². The maximum atomic E-state index is 12.7. The summed E-state index contributed by atoms with van der Waals surface area (Å²) in [6.45, 7) is 11.9. The van der Waals surface area contributed by atoms with E-state index in [9.17, 15) is 10.1 Å². The molecule has 0 saturated carbocycles. The van der Waals surface area contributed by atoms with Gasteiger partial charge in [-0.2, -0.15) is 17.0 Å². The van der Waals surface area contributed by atoms with E-state index in [2.05, 4.69) is 32.6 Å². The Morgan fingerprint density at radius 3 is 1.85 bits per heavy atom. The van der Waals surface area contributed by atoms with Crippen LogP contribution in [0, 0.1) is 0 Å². The number of unbranched alkanes of at least 4 members (excludes halogenated alkanes) is 3. The summed E-state index contributed by atoms with van der Waals surface area (Å²) in [7, 11) is 0. The predicted molar refractivity (Wildman–Crippen MR) is 117 cm³/mol. The highest BCUT2D eigenvalue weighted by Crippen LogP contribution is 2.33. The van der Waals surface area contributed by atoms with Crippen LogP contribution in [0.4, 0.5) is 0 Å². The molecular weight excluding hydrogens is 360 g/mol. The third-order valence-electron chi connectivity index (χ3n) is 5.87. The van der Waals surface area contributed by atoms with Gasteiger partial charge < -0.3 is 10.2 Å². The number of quaternary nitrogens is 1. The molecule has 0 aliphatic carbocycles. The Labute approximate surface area is 171 Å². The third kappa shape index (κ3) is 7.92. The van der Waals surface area contributed by atoms with Crippen molar-refractivity contribution in [2.45, 2.75) is 97.1 Å². The van der Waals surface area contributed by atoms with Crippen LogP contribution in [-0.4, -0.2) is 58.9 Å². The Balaban J connectivity index is 6.18. The second-order valence-electron chi connectivity index (χ2n) is 7.92. The summed E-state index contributed by atoms with van der Waals surface area (Å²) in [6, 6.07) is -0.0288. The van der Waals surface area contributed by atoms with Gasteiger partial charge in [0, 0.05) is 6.42 Å². The van der Waals surface area contributed by atoms with E-state index < -0.39 is 11.5 Å². The highest BCUT2D eigenvalue weighted by atomic mass is 32.2. The first kappa shape index (κ1) is 26.7. The van der Waals surface area contributed by atoms with Crippen LogP contribution in [0.1, 0.15) is 85.5 Å². The minimum atomic E-state index is -1.15. The minimum absolute atomic E-state index is 0.0288. The molecule has 0 aromatic heterocycles. The molecule has 0 amide bonds. The summed E-state index contributed by atoms with van der Waals surface area (Å²) < 4.78 is 0.878. The lowest BCUT2D eigenvalue weighted by atomic mass is 9.81. The summed E-state index contributed by atoms with van der Waals surface area (Å²) in [4.78, 5) is 17.0. The lowest BCUT2D eigenvalue weighted by Crippen LogP contribution is -2.71. The van der Waals surface area contributed by atoms with Gasteiger partial charge in [-0.3, -0.25) is 4.89 Å². The van der Waals surface area contributed by atoms with Crippen LogP contribution in [-0.2, 0) is 9.68 Å². The van der Waals surface area contributed by atoms with Crippen molar-refractivity contribution >= 4 is 17.7 Å². The number of hydrogen-bond acceptors (Lipinski definition) is 5. The molecule has 0 aliphatic heterocycles. The highest BCUT2D eigenvalue weighted by Gasteiger charge is 2.53. The maximum absolute atomic E-state index is 12.7. The largest absolute Gasteiger partial charge is 0.367 e. The monoisotopic (exact) mass is 405 g/mol. The molecule has 0 saturated heterocycles. The fraction of sp³-hybridized carbons (Fsp3) is 0.952. The fourth-order valence-electron chi connectivity index (χ4n) is 4.28. The molecule has 0 aliphatic rings. The molecule has 6 heteroatoms. The van der Waals surface area contributed by atoms with E-state index in [1.165, 1.54) is 0 Å². The second kappa shape index (κ2) is 14.7. The number of carbonyl (C=O) groups excluding carboxylic acids is 1. The molecule has 27 heavy (non-hydrogen) atoms. The number of hydrogen-bond donors (Lipinski definition) is 2. The Bertz CT molecular complexity index is 374. The maximum Gasteiger partial charge on any atom is 0.367 e. The lowest BCUT2D eigenvalue weighted by molar-refractivity contribution is -0.955. The van der Waals surface area contributed by atoms with E-state index >= 15 is 0 Å². The van der Waals surface area contributed by atoms with Crippen LogP contribution in [0.25, 0.3) is 0 Å². The number of rotatable bonds is 17. The highest BCUT2D eigenvalue weighted by molar-refractivity contribution is 7.98. The van der Waals surface area contributed by atoms with Crippen LogP contribution in [0.2, 0.25) is 0 Å². The van der Waals surface area contributed by atoms with Crippen molar-refractivity contribution in [3.8, 4) is 0 Å². The van der Waals surface area contributed by atoms with Crippen molar-refractivity contribution in [2.24, 2.45) is 5.73 Å². The smallest absolute Gasteiger partial charge is 0.319 e. The summed E-state index contributed by atoms with van der Waals surface area (Å²) in [6.07, 6.45) is 11.2. The van der Waals surface area contributed by atoms with Gasteiger partial charge in [0.05, 0.1) is 19.6 Å². The molecule has 0 aromatic carbocycles. The van der Waals surface area contributed by atoms with Crippen molar-refractivity contribution in [2.75, 3.05) is 31.6 Å². The van der Waals surface area contributed by atoms with Gasteiger partial charge in [-0.25, -0.2) is 4.79 Å². The Morgan fingerprint density at radius 2 is 1.52 bits per heavy atom. The standard InChI is InChI=1S/C21H44N2O3S/c1-6-10-15-23(16-11-7-2,17-12-8-3)19(13-9-4)21(22,14-18-27-5)20(24)26-25/h19H,6-18,22H2,1-5H3/p+1. The van der Waals surface area contributed by atoms with Crippen LogP contribution < -0.4 is 5.73 Å². The first-order valence-corrected chi connectivity index (χ1v) is 12.3. The summed E-state index contributed by atoms with van der Waals surface area (Å²) >= 11 is 1.68. The van der Waals surface area contributed by atoms with Gasteiger partial charge in [0.15, 0.2) is 5.54 Å². The molecule has 0 spiro atoms. The topological polar surface area (TPSA) is 72.6 Å². The first-order valence-electron chi connectivity index (χ1n) is 10.9. The van der Waals surface area contributed by atoms with Gasteiger partial charge in [0.1, 0.15) is 6.04 Å².